The Morgan fingerprint density at radius 1 is 0.500 bits per heavy atom. The summed E-state index contributed by atoms with van der Waals surface area (Å²) < 4.78 is 36.6. The Balaban J connectivity index is 0.838. The highest BCUT2D eigenvalue weighted by Crippen LogP contribution is 2.51. The van der Waals surface area contributed by atoms with Gasteiger partial charge in [-0.25, -0.2) is 0 Å². The van der Waals surface area contributed by atoms with Crippen LogP contribution in [0.1, 0.15) is 171 Å². The molecule has 1 N–H and O–H groups in total. The molecular formula is C45H80O7. The highest BCUT2D eigenvalue weighted by Gasteiger charge is 2.44. The zero-order valence-electron chi connectivity index (χ0n) is 34.8. The van der Waals surface area contributed by atoms with Crippen LogP contribution in [0.3, 0.4) is 0 Å². The molecule has 2 heterocycles. The van der Waals surface area contributed by atoms with Crippen LogP contribution in [0.15, 0.2) is 0 Å². The quantitative estimate of drug-likeness (QED) is 0.141. The third kappa shape index (κ3) is 11.9. The van der Waals surface area contributed by atoms with E-state index < -0.39 is 6.10 Å². The van der Waals surface area contributed by atoms with Crippen molar-refractivity contribution >= 4 is 0 Å². The Morgan fingerprint density at radius 2 is 0.865 bits per heavy atom. The van der Waals surface area contributed by atoms with Gasteiger partial charge in [-0.05, 0) is 165 Å². The molecule has 0 radical (unpaired) electrons. The molecule has 302 valence electrons. The fraction of sp³-hybridized carbons (Fsp3) is 1.00. The monoisotopic (exact) mass is 733 g/mol. The van der Waals surface area contributed by atoms with Crippen LogP contribution >= 0.6 is 0 Å². The van der Waals surface area contributed by atoms with E-state index in [1.165, 1.54) is 77.0 Å². The summed E-state index contributed by atoms with van der Waals surface area (Å²) in [7, 11) is 0. The molecule has 52 heavy (non-hydrogen) atoms. The van der Waals surface area contributed by atoms with Gasteiger partial charge in [-0.3, -0.25) is 0 Å². The first-order valence-electron chi connectivity index (χ1n) is 22.1. The van der Waals surface area contributed by atoms with Crippen molar-refractivity contribution in [2.75, 3.05) is 26.4 Å². The SMILES string of the molecule is CC(C)(CC(O)COC1CCC(C(C)(C)C2CCC(OC(C)(C)CC3CO3)CC2)CC1)OC1CCC(C(C)(C)C2CCC(OCC3CO3)CC2)CC1. The molecule has 6 fully saturated rings. The van der Waals surface area contributed by atoms with Crippen LogP contribution in [-0.4, -0.2) is 85.5 Å². The van der Waals surface area contributed by atoms with Crippen molar-refractivity contribution in [1.29, 1.82) is 0 Å². The van der Waals surface area contributed by atoms with Crippen LogP contribution in [0.25, 0.3) is 0 Å². The van der Waals surface area contributed by atoms with E-state index in [1.807, 2.05) is 0 Å². The second-order valence-electron chi connectivity index (χ2n) is 20.9. The minimum absolute atomic E-state index is 0.0818. The molecule has 7 heteroatoms. The lowest BCUT2D eigenvalue weighted by atomic mass is 9.60. The van der Waals surface area contributed by atoms with Crippen LogP contribution < -0.4 is 0 Å². The molecule has 6 rings (SSSR count). The molecule has 4 saturated carbocycles. The van der Waals surface area contributed by atoms with Gasteiger partial charge in [-0.1, -0.05) is 27.7 Å². The second-order valence-corrected chi connectivity index (χ2v) is 20.9. The molecule has 3 unspecified atom stereocenters. The van der Waals surface area contributed by atoms with Crippen molar-refractivity contribution in [3.05, 3.63) is 0 Å². The summed E-state index contributed by atoms with van der Waals surface area (Å²) in [6.07, 6.45) is 22.7. The molecular weight excluding hydrogens is 652 g/mol. The third-order valence-electron chi connectivity index (χ3n) is 15.2. The van der Waals surface area contributed by atoms with Crippen molar-refractivity contribution in [2.45, 2.75) is 225 Å². The Kier molecular flexibility index (Phi) is 13.9. The summed E-state index contributed by atoms with van der Waals surface area (Å²) >= 11 is 0. The van der Waals surface area contributed by atoms with E-state index in [0.29, 0.717) is 54.4 Å². The maximum Gasteiger partial charge on any atom is 0.104 e. The lowest BCUT2D eigenvalue weighted by molar-refractivity contribution is -0.125. The summed E-state index contributed by atoms with van der Waals surface area (Å²) in [6.45, 7) is 21.9. The normalized spacial score (nSPS) is 37.1. The number of aliphatic hydroxyl groups is 1. The van der Waals surface area contributed by atoms with E-state index in [9.17, 15) is 5.11 Å². The number of rotatable bonds is 18. The maximum absolute atomic E-state index is 11.1. The molecule has 0 aromatic heterocycles. The predicted octanol–water partition coefficient (Wildman–Crippen LogP) is 9.84. The van der Waals surface area contributed by atoms with Gasteiger partial charge in [0.25, 0.3) is 0 Å². The Bertz CT molecular complexity index is 1060. The first-order valence-corrected chi connectivity index (χ1v) is 22.1. The van der Waals surface area contributed by atoms with Gasteiger partial charge >= 0.3 is 0 Å². The number of ether oxygens (including phenoxy) is 6. The summed E-state index contributed by atoms with van der Waals surface area (Å²) in [4.78, 5) is 0. The average Bonchev–Trinajstić information content (AvgIpc) is 4.04. The number of epoxide rings is 2. The predicted molar refractivity (Wildman–Crippen MR) is 207 cm³/mol. The highest BCUT2D eigenvalue weighted by molar-refractivity contribution is 4.94. The first-order chi connectivity index (χ1) is 24.6. The van der Waals surface area contributed by atoms with Gasteiger partial charge < -0.3 is 33.5 Å². The van der Waals surface area contributed by atoms with E-state index in [0.717, 1.165) is 75.6 Å². The fourth-order valence-electron chi connectivity index (χ4n) is 11.5. The van der Waals surface area contributed by atoms with Crippen LogP contribution in [0.5, 0.6) is 0 Å². The van der Waals surface area contributed by atoms with Gasteiger partial charge in [0, 0.05) is 12.8 Å². The molecule has 4 aliphatic carbocycles. The molecule has 6 aliphatic rings. The maximum atomic E-state index is 11.1. The fourth-order valence-corrected chi connectivity index (χ4v) is 11.5. The van der Waals surface area contributed by atoms with Gasteiger partial charge in [-0.2, -0.15) is 0 Å². The van der Waals surface area contributed by atoms with Gasteiger partial charge in [-0.15, -0.1) is 0 Å². The molecule has 0 bridgehead atoms. The Hall–Kier alpha value is -0.280. The number of hydrogen-bond acceptors (Lipinski definition) is 7. The largest absolute Gasteiger partial charge is 0.391 e. The lowest BCUT2D eigenvalue weighted by Gasteiger charge is -2.47. The van der Waals surface area contributed by atoms with E-state index in [4.69, 9.17) is 28.4 Å². The number of aliphatic hydroxyl groups excluding tert-OH is 1. The molecule has 2 saturated heterocycles. The van der Waals surface area contributed by atoms with Crippen molar-refractivity contribution in [2.24, 2.45) is 34.5 Å². The molecule has 0 aromatic rings. The van der Waals surface area contributed by atoms with Crippen LogP contribution in [0.2, 0.25) is 0 Å². The van der Waals surface area contributed by atoms with Crippen LogP contribution in [0, 0.1) is 34.5 Å². The molecule has 3 atom stereocenters. The molecule has 0 aromatic carbocycles. The van der Waals surface area contributed by atoms with E-state index in [1.54, 1.807) is 0 Å². The van der Waals surface area contributed by atoms with Gasteiger partial charge in [0.15, 0.2) is 0 Å². The molecule has 2 aliphatic heterocycles. The van der Waals surface area contributed by atoms with E-state index in [2.05, 4.69) is 55.4 Å². The average molecular weight is 733 g/mol. The summed E-state index contributed by atoms with van der Waals surface area (Å²) in [5, 5.41) is 11.1. The minimum Gasteiger partial charge on any atom is -0.391 e. The number of hydrogen-bond donors (Lipinski definition) is 1. The summed E-state index contributed by atoms with van der Waals surface area (Å²) in [5.74, 6) is 3.07. The molecule has 7 nitrogen and oxygen atoms in total. The van der Waals surface area contributed by atoms with Gasteiger partial charge in [0.2, 0.25) is 0 Å². The minimum atomic E-state index is -0.491. The standard InChI is InChI=1S/C45H80O7/c1-42(2,51-38-21-13-33(14-22-38)45(7,8)32-11-19-37(20-12-32)48-29-41-30-50-41)25-35(46)27-47-36-17-9-31(10-18-36)44(5,6)34-15-23-39(24-16-34)52-43(3,4)26-40-28-49-40/h31-41,46H,9-30H2,1-8H3. The Morgan fingerprint density at radius 3 is 1.27 bits per heavy atom. The summed E-state index contributed by atoms with van der Waals surface area (Å²) in [5.41, 5.74) is 0.280. The molecule has 0 spiro atoms. The zero-order chi connectivity index (χ0) is 37.1. The van der Waals surface area contributed by atoms with Gasteiger partial charge in [0.1, 0.15) is 6.10 Å². The second kappa shape index (κ2) is 17.5. The third-order valence-corrected chi connectivity index (χ3v) is 15.2. The first kappa shape index (κ1) is 41.4. The van der Waals surface area contributed by atoms with Gasteiger partial charge in [0.05, 0.1) is 74.3 Å². The van der Waals surface area contributed by atoms with Crippen LogP contribution in [-0.2, 0) is 28.4 Å². The van der Waals surface area contributed by atoms with Crippen molar-refractivity contribution < 1.29 is 33.5 Å². The zero-order valence-corrected chi connectivity index (χ0v) is 34.8. The highest BCUT2D eigenvalue weighted by atomic mass is 16.6. The summed E-state index contributed by atoms with van der Waals surface area (Å²) in [6, 6.07) is 0. The smallest absolute Gasteiger partial charge is 0.104 e. The Labute approximate surface area is 318 Å². The topological polar surface area (TPSA) is 82.2 Å². The van der Waals surface area contributed by atoms with Crippen LogP contribution in [0.4, 0.5) is 0 Å². The van der Waals surface area contributed by atoms with E-state index in [-0.39, 0.29) is 17.3 Å². The lowest BCUT2D eigenvalue weighted by Crippen LogP contribution is -2.42. The van der Waals surface area contributed by atoms with Crippen molar-refractivity contribution in [1.82, 2.24) is 0 Å². The van der Waals surface area contributed by atoms with Crippen molar-refractivity contribution in [3.63, 3.8) is 0 Å². The van der Waals surface area contributed by atoms with E-state index >= 15 is 0 Å². The molecule has 0 amide bonds. The van der Waals surface area contributed by atoms with Crippen molar-refractivity contribution in [3.8, 4) is 0 Å².